The fraction of sp³-hybridized carbons (Fsp3) is 0.130. The molecule has 0 unspecified atom stereocenters. The van der Waals surface area contributed by atoms with E-state index in [2.05, 4.69) is 5.32 Å². The van der Waals surface area contributed by atoms with E-state index in [9.17, 15) is 9.59 Å². The standard InChI is InChI=1S/C23H19NO4/c25-20(17-10-11-21-22(14-17)28-13-12-27-21)15-24-19-9-5-4-8-18(19)23(26)16-6-2-1-3-7-16/h1-11,14,24H,12-13,15H2. The zero-order valence-corrected chi connectivity index (χ0v) is 15.2. The summed E-state index contributed by atoms with van der Waals surface area (Å²) in [5.41, 5.74) is 2.30. The van der Waals surface area contributed by atoms with Gasteiger partial charge in [-0.3, -0.25) is 9.59 Å². The molecule has 1 aliphatic heterocycles. The molecule has 0 aromatic heterocycles. The van der Waals surface area contributed by atoms with Crippen LogP contribution in [0.5, 0.6) is 11.5 Å². The average Bonchev–Trinajstić information content (AvgIpc) is 2.77. The molecule has 0 fully saturated rings. The van der Waals surface area contributed by atoms with E-state index in [4.69, 9.17) is 9.47 Å². The van der Waals surface area contributed by atoms with E-state index in [0.717, 1.165) is 0 Å². The first-order chi connectivity index (χ1) is 13.7. The Bertz CT molecular complexity index is 1010. The molecule has 0 amide bonds. The molecule has 1 N–H and O–H groups in total. The molecular weight excluding hydrogens is 354 g/mol. The van der Waals surface area contributed by atoms with Gasteiger partial charge in [0.05, 0.1) is 6.54 Å². The first-order valence-corrected chi connectivity index (χ1v) is 9.08. The lowest BCUT2D eigenvalue weighted by Gasteiger charge is -2.18. The lowest BCUT2D eigenvalue weighted by Crippen LogP contribution is -2.18. The minimum atomic E-state index is -0.0982. The summed E-state index contributed by atoms with van der Waals surface area (Å²) in [7, 11) is 0. The third-order valence-corrected chi connectivity index (χ3v) is 4.51. The fourth-order valence-corrected chi connectivity index (χ4v) is 3.07. The normalized spacial score (nSPS) is 12.3. The van der Waals surface area contributed by atoms with Crippen LogP contribution in [-0.2, 0) is 0 Å². The highest BCUT2D eigenvalue weighted by Crippen LogP contribution is 2.31. The van der Waals surface area contributed by atoms with Crippen molar-refractivity contribution in [2.45, 2.75) is 0 Å². The van der Waals surface area contributed by atoms with Gasteiger partial charge in [0.2, 0.25) is 0 Å². The number of hydrogen-bond donors (Lipinski definition) is 1. The summed E-state index contributed by atoms with van der Waals surface area (Å²) in [4.78, 5) is 25.4. The van der Waals surface area contributed by atoms with Crippen LogP contribution in [0.15, 0.2) is 72.8 Å². The number of rotatable bonds is 6. The third-order valence-electron chi connectivity index (χ3n) is 4.51. The number of fused-ring (bicyclic) bond motifs is 1. The van der Waals surface area contributed by atoms with Gasteiger partial charge < -0.3 is 14.8 Å². The summed E-state index contributed by atoms with van der Waals surface area (Å²) in [5, 5.41) is 3.10. The van der Waals surface area contributed by atoms with Crippen LogP contribution in [0.1, 0.15) is 26.3 Å². The number of nitrogens with one attached hydrogen (secondary N) is 1. The number of ether oxygens (including phenoxy) is 2. The Labute approximate surface area is 162 Å². The number of hydrogen-bond acceptors (Lipinski definition) is 5. The lowest BCUT2D eigenvalue weighted by atomic mass is 10.0. The van der Waals surface area contributed by atoms with Crippen molar-refractivity contribution in [2.24, 2.45) is 0 Å². The Balaban J connectivity index is 1.50. The second kappa shape index (κ2) is 7.96. The summed E-state index contributed by atoms with van der Waals surface area (Å²) in [5.74, 6) is 1.04. The molecule has 140 valence electrons. The summed E-state index contributed by atoms with van der Waals surface area (Å²) in [6.07, 6.45) is 0. The van der Waals surface area contributed by atoms with Gasteiger partial charge in [-0.05, 0) is 30.3 Å². The van der Waals surface area contributed by atoms with Crippen LogP contribution in [0.2, 0.25) is 0 Å². The molecule has 0 aliphatic carbocycles. The molecule has 28 heavy (non-hydrogen) atoms. The fourth-order valence-electron chi connectivity index (χ4n) is 3.07. The van der Waals surface area contributed by atoms with Crippen LogP contribution in [-0.4, -0.2) is 31.3 Å². The Hall–Kier alpha value is -3.60. The largest absolute Gasteiger partial charge is 0.486 e. The van der Waals surface area contributed by atoms with Gasteiger partial charge in [0.25, 0.3) is 0 Å². The number of benzene rings is 3. The topological polar surface area (TPSA) is 64.6 Å². The lowest BCUT2D eigenvalue weighted by molar-refractivity contribution is 0.100. The van der Waals surface area contributed by atoms with E-state index in [1.807, 2.05) is 30.3 Å². The van der Waals surface area contributed by atoms with Crippen LogP contribution in [0, 0.1) is 0 Å². The molecule has 0 saturated carbocycles. The molecule has 5 heteroatoms. The van der Waals surface area contributed by atoms with Gasteiger partial charge in [0.1, 0.15) is 13.2 Å². The highest BCUT2D eigenvalue weighted by molar-refractivity contribution is 6.12. The van der Waals surface area contributed by atoms with E-state index in [1.165, 1.54) is 0 Å². The summed E-state index contributed by atoms with van der Waals surface area (Å²) >= 11 is 0. The number of carbonyl (C=O) groups excluding carboxylic acids is 2. The molecule has 0 saturated heterocycles. The van der Waals surface area contributed by atoms with Crippen LogP contribution in [0.3, 0.4) is 0 Å². The van der Waals surface area contributed by atoms with Crippen LogP contribution in [0.25, 0.3) is 0 Å². The van der Waals surface area contributed by atoms with Gasteiger partial charge in [-0.15, -0.1) is 0 Å². The summed E-state index contributed by atoms with van der Waals surface area (Å²) in [6.45, 7) is 1.05. The molecular formula is C23H19NO4. The minimum Gasteiger partial charge on any atom is -0.486 e. The highest BCUT2D eigenvalue weighted by atomic mass is 16.6. The van der Waals surface area contributed by atoms with E-state index in [1.54, 1.807) is 42.5 Å². The van der Waals surface area contributed by atoms with Crippen molar-refractivity contribution < 1.29 is 19.1 Å². The molecule has 3 aromatic rings. The van der Waals surface area contributed by atoms with E-state index in [0.29, 0.717) is 47.1 Å². The second-order valence-electron chi connectivity index (χ2n) is 6.38. The van der Waals surface area contributed by atoms with Gasteiger partial charge in [-0.25, -0.2) is 0 Å². The van der Waals surface area contributed by atoms with Crippen molar-refractivity contribution >= 4 is 17.3 Å². The Morgan fingerprint density at radius 1 is 0.786 bits per heavy atom. The predicted molar refractivity (Wildman–Crippen MR) is 107 cm³/mol. The van der Waals surface area contributed by atoms with Crippen molar-refractivity contribution in [2.75, 3.05) is 25.1 Å². The van der Waals surface area contributed by atoms with Crippen LogP contribution >= 0.6 is 0 Å². The maximum absolute atomic E-state index is 12.8. The number of Topliss-reactive ketones (excluding diaryl/α,β-unsaturated/α-hetero) is 1. The van der Waals surface area contributed by atoms with Crippen molar-refractivity contribution in [1.29, 1.82) is 0 Å². The molecule has 3 aromatic carbocycles. The van der Waals surface area contributed by atoms with Crippen molar-refractivity contribution in [3.63, 3.8) is 0 Å². The quantitative estimate of drug-likeness (QED) is 0.662. The predicted octanol–water partition coefficient (Wildman–Crippen LogP) is 3.98. The number of anilines is 1. The monoisotopic (exact) mass is 373 g/mol. The third kappa shape index (κ3) is 3.74. The highest BCUT2D eigenvalue weighted by Gasteiger charge is 2.16. The molecule has 5 nitrogen and oxygen atoms in total. The molecule has 0 radical (unpaired) electrons. The molecule has 0 atom stereocenters. The smallest absolute Gasteiger partial charge is 0.195 e. The molecule has 0 spiro atoms. The first-order valence-electron chi connectivity index (χ1n) is 9.08. The van der Waals surface area contributed by atoms with Crippen LogP contribution < -0.4 is 14.8 Å². The maximum atomic E-state index is 12.8. The Kier molecular flexibility index (Phi) is 5.06. The zero-order chi connectivity index (χ0) is 19.3. The number of ketones is 2. The molecule has 1 heterocycles. The van der Waals surface area contributed by atoms with Gasteiger partial charge >= 0.3 is 0 Å². The van der Waals surface area contributed by atoms with Gasteiger partial charge in [-0.1, -0.05) is 42.5 Å². The Morgan fingerprint density at radius 3 is 2.32 bits per heavy atom. The maximum Gasteiger partial charge on any atom is 0.195 e. The molecule has 0 bridgehead atoms. The van der Waals surface area contributed by atoms with Crippen molar-refractivity contribution in [3.8, 4) is 11.5 Å². The van der Waals surface area contributed by atoms with Crippen molar-refractivity contribution in [1.82, 2.24) is 0 Å². The zero-order valence-electron chi connectivity index (χ0n) is 15.2. The molecule has 4 rings (SSSR count). The first kappa shape index (κ1) is 17.8. The van der Waals surface area contributed by atoms with E-state index < -0.39 is 0 Å². The number of carbonyl (C=O) groups is 2. The number of para-hydroxylation sites is 1. The van der Waals surface area contributed by atoms with E-state index >= 15 is 0 Å². The molecule has 1 aliphatic rings. The average molecular weight is 373 g/mol. The SMILES string of the molecule is O=C(CNc1ccccc1C(=O)c1ccccc1)c1ccc2c(c1)OCCO2. The van der Waals surface area contributed by atoms with Crippen LogP contribution in [0.4, 0.5) is 5.69 Å². The van der Waals surface area contributed by atoms with Gasteiger partial charge in [0, 0.05) is 22.4 Å². The van der Waals surface area contributed by atoms with Gasteiger partial charge in [0.15, 0.2) is 23.1 Å². The Morgan fingerprint density at radius 2 is 1.50 bits per heavy atom. The summed E-state index contributed by atoms with van der Waals surface area (Å²) in [6, 6.07) is 21.4. The minimum absolute atomic E-state index is 0.0682. The second-order valence-corrected chi connectivity index (χ2v) is 6.38. The van der Waals surface area contributed by atoms with Gasteiger partial charge in [-0.2, -0.15) is 0 Å². The van der Waals surface area contributed by atoms with E-state index in [-0.39, 0.29) is 18.1 Å². The summed E-state index contributed by atoms with van der Waals surface area (Å²) < 4.78 is 11.0. The van der Waals surface area contributed by atoms with Crippen molar-refractivity contribution in [3.05, 3.63) is 89.5 Å².